The first-order chi connectivity index (χ1) is 11.9. The van der Waals surface area contributed by atoms with Gasteiger partial charge in [0.1, 0.15) is 12.2 Å². The molecule has 10 heteroatoms. The minimum absolute atomic E-state index is 0. The molecule has 0 N–H and O–H groups in total. The molecule has 2 heterocycles. The van der Waals surface area contributed by atoms with E-state index < -0.39 is 0 Å². The van der Waals surface area contributed by atoms with Crippen LogP contribution in [0.1, 0.15) is 25.7 Å². The molecule has 144 valence electrons. The fraction of sp³-hybridized carbons (Fsp3) is 0.500. The fourth-order valence-electron chi connectivity index (χ4n) is 1.57. The molecule has 0 bridgehead atoms. The largest absolute Gasteiger partial charge is 0 e. The van der Waals surface area contributed by atoms with Crippen LogP contribution in [0.25, 0.3) is 0 Å². The van der Waals surface area contributed by atoms with Crippen molar-refractivity contribution in [1.82, 2.24) is 0 Å². The minimum atomic E-state index is 0. The Kier molecular flexibility index (Phi) is 96.4. The molecular formula is C16H14Co2O8. The predicted molar refractivity (Wildman–Crippen MR) is 69.3 cm³/mol. The number of hydrogen-bond donors (Lipinski definition) is 0. The van der Waals surface area contributed by atoms with Crippen LogP contribution in [0, 0.1) is 51.7 Å². The monoisotopic (exact) mass is 452 g/mol. The van der Waals surface area contributed by atoms with Crippen molar-refractivity contribution >= 4 is 0 Å². The van der Waals surface area contributed by atoms with Crippen LogP contribution in [0.4, 0.5) is 0 Å². The Hall–Kier alpha value is -1.07. The second-order valence-corrected chi connectivity index (χ2v) is 3.29. The first kappa shape index (κ1) is 44.4. The summed E-state index contributed by atoms with van der Waals surface area (Å²) in [6.07, 6.45) is 4.89. The quantitative estimate of drug-likeness (QED) is 0.309. The van der Waals surface area contributed by atoms with Crippen molar-refractivity contribution in [2.75, 3.05) is 13.2 Å². The summed E-state index contributed by atoms with van der Waals surface area (Å²) in [5, 5.41) is 0. The molecule has 2 atom stereocenters. The van der Waals surface area contributed by atoms with Crippen LogP contribution in [-0.2, 0) is 70.9 Å². The van der Waals surface area contributed by atoms with Gasteiger partial charge in [0.15, 0.2) is 0 Å². The third-order valence-electron chi connectivity index (χ3n) is 2.26. The van der Waals surface area contributed by atoms with Gasteiger partial charge in [0.2, 0.25) is 0 Å². The zero-order valence-electron chi connectivity index (χ0n) is 13.3. The Balaban J connectivity index is -0.0000000448. The molecule has 0 aliphatic carbocycles. The molecular weight excluding hydrogens is 438 g/mol. The smallest absolute Gasteiger partial charge is 0 e. The van der Waals surface area contributed by atoms with Crippen LogP contribution in [-0.4, -0.2) is 25.4 Å². The maximum atomic E-state index is 7.50. The van der Waals surface area contributed by atoms with Gasteiger partial charge in [0.25, 0.3) is 0 Å². The SMILES string of the molecule is C(#CC1CCCO1)C1CCCO1.[C-]#[O+].[C-]#[O+].[C-]#[O+].[C-]#[O+].[C-]#[O+].[C-]#[O+].[Co].[Co]. The Morgan fingerprint density at radius 3 is 0.923 bits per heavy atom. The van der Waals surface area contributed by atoms with Gasteiger partial charge in [-0.25, -0.2) is 0 Å². The average molecular weight is 452 g/mol. The molecule has 26 heavy (non-hydrogen) atoms. The van der Waals surface area contributed by atoms with Crippen molar-refractivity contribution in [3.63, 3.8) is 0 Å². The summed E-state index contributed by atoms with van der Waals surface area (Å²) in [6, 6.07) is 0. The van der Waals surface area contributed by atoms with Crippen LogP contribution < -0.4 is 0 Å². The molecule has 2 aliphatic heterocycles. The van der Waals surface area contributed by atoms with Crippen molar-refractivity contribution in [2.24, 2.45) is 0 Å². The summed E-state index contributed by atoms with van der Waals surface area (Å²) in [4.78, 5) is 0. The fourth-order valence-corrected chi connectivity index (χ4v) is 1.57. The summed E-state index contributed by atoms with van der Waals surface area (Å²) in [5.74, 6) is 6.25. The first-order valence-corrected chi connectivity index (χ1v) is 5.92. The summed E-state index contributed by atoms with van der Waals surface area (Å²) in [7, 11) is 0. The second kappa shape index (κ2) is 56.4. The number of rotatable bonds is 0. The maximum Gasteiger partial charge on any atom is 0 e. The summed E-state index contributed by atoms with van der Waals surface area (Å²) in [6.45, 7) is 28.8. The van der Waals surface area contributed by atoms with E-state index in [0.717, 1.165) is 38.9 Å². The normalized spacial score (nSPS) is 16.5. The van der Waals surface area contributed by atoms with E-state index in [9.17, 15) is 0 Å². The molecule has 2 aliphatic rings. The van der Waals surface area contributed by atoms with Crippen LogP contribution in [0.5, 0.6) is 0 Å². The summed E-state index contributed by atoms with van der Waals surface area (Å²) < 4.78 is 55.8. The van der Waals surface area contributed by atoms with Crippen LogP contribution in [0.15, 0.2) is 0 Å². The minimum Gasteiger partial charge on any atom is 0 e. The second-order valence-electron chi connectivity index (χ2n) is 3.29. The van der Waals surface area contributed by atoms with Crippen molar-refractivity contribution < 1.29 is 70.9 Å². The molecule has 2 rings (SSSR count). The van der Waals surface area contributed by atoms with Gasteiger partial charge in [-0.2, -0.15) is 0 Å². The Bertz CT molecular complexity index is 350. The van der Waals surface area contributed by atoms with Crippen LogP contribution in [0.3, 0.4) is 0 Å². The molecule has 0 spiro atoms. The number of ether oxygens (including phenoxy) is 2. The predicted octanol–water partition coefficient (Wildman–Crippen LogP) is 1.12. The van der Waals surface area contributed by atoms with Gasteiger partial charge in [-0.1, -0.05) is 11.8 Å². The van der Waals surface area contributed by atoms with E-state index in [4.69, 9.17) is 37.4 Å². The van der Waals surface area contributed by atoms with Gasteiger partial charge in [-0.15, -0.1) is 0 Å². The molecule has 2 radical (unpaired) electrons. The van der Waals surface area contributed by atoms with Gasteiger partial charge < -0.3 is 9.47 Å². The molecule has 2 fully saturated rings. The van der Waals surface area contributed by atoms with Crippen LogP contribution >= 0.6 is 0 Å². The van der Waals surface area contributed by atoms with Gasteiger partial charge in [-0.3, -0.25) is 0 Å². The van der Waals surface area contributed by atoms with Crippen molar-refractivity contribution in [1.29, 1.82) is 0 Å². The third kappa shape index (κ3) is 34.3. The molecule has 2 unspecified atom stereocenters. The van der Waals surface area contributed by atoms with E-state index >= 15 is 0 Å². The first-order valence-electron chi connectivity index (χ1n) is 5.92. The number of hydrogen-bond acceptors (Lipinski definition) is 2. The van der Waals surface area contributed by atoms with E-state index in [-0.39, 0.29) is 45.8 Å². The van der Waals surface area contributed by atoms with Crippen LogP contribution in [0.2, 0.25) is 0 Å². The van der Waals surface area contributed by atoms with E-state index in [1.165, 1.54) is 0 Å². The zero-order valence-corrected chi connectivity index (χ0v) is 15.4. The van der Waals surface area contributed by atoms with Crippen molar-refractivity contribution in [3.8, 4) is 11.8 Å². The van der Waals surface area contributed by atoms with Gasteiger partial charge in [0.05, 0.1) is 0 Å². The molecule has 0 saturated carbocycles. The van der Waals surface area contributed by atoms with Crippen molar-refractivity contribution in [2.45, 2.75) is 37.9 Å². The third-order valence-corrected chi connectivity index (χ3v) is 2.26. The van der Waals surface area contributed by atoms with Gasteiger partial charge in [0, 0.05) is 46.8 Å². The van der Waals surface area contributed by atoms with Gasteiger partial charge in [-0.05, 0) is 25.7 Å². The standard InChI is InChI=1S/C10H14O2.6CO.2Co/c1-3-9(11-7-1)5-6-10-4-2-8-12-10;6*1-2;;/h9-10H,1-4,7-8H2;;;;;;;;. The molecule has 0 aromatic heterocycles. The average Bonchev–Trinajstić information content (AvgIpc) is 3.44. The van der Waals surface area contributed by atoms with E-state index in [1.807, 2.05) is 0 Å². The zero-order chi connectivity index (χ0) is 20.2. The van der Waals surface area contributed by atoms with Crippen molar-refractivity contribution in [3.05, 3.63) is 39.9 Å². The molecule has 8 nitrogen and oxygen atoms in total. The molecule has 0 aromatic carbocycles. The summed E-state index contributed by atoms with van der Waals surface area (Å²) in [5.41, 5.74) is 0. The summed E-state index contributed by atoms with van der Waals surface area (Å²) >= 11 is 0. The topological polar surface area (TPSA) is 138 Å². The Morgan fingerprint density at radius 1 is 0.538 bits per heavy atom. The van der Waals surface area contributed by atoms with E-state index in [0.29, 0.717) is 0 Å². The molecule has 0 aromatic rings. The van der Waals surface area contributed by atoms with Gasteiger partial charge >= 0.3 is 67.8 Å². The van der Waals surface area contributed by atoms with E-state index in [1.54, 1.807) is 0 Å². The van der Waals surface area contributed by atoms with E-state index in [2.05, 4.69) is 51.7 Å². The molecule has 2 saturated heterocycles. The Labute approximate surface area is 173 Å². The maximum absolute atomic E-state index is 7.50. The molecule has 0 amide bonds. The Morgan fingerprint density at radius 2 is 0.769 bits per heavy atom.